The van der Waals surface area contributed by atoms with Crippen molar-refractivity contribution in [2.45, 2.75) is 25.0 Å². The van der Waals surface area contributed by atoms with Gasteiger partial charge in [-0.3, -0.25) is 9.59 Å². The SMILES string of the molecule is CCCOc1ccc(N2C(=O)[C@H]3[C@@H]4C=C[C@](CO)(O4)[C@@H]3C2=O)cc1. The zero-order chi connectivity index (χ0) is 16.9. The Labute approximate surface area is 139 Å². The minimum Gasteiger partial charge on any atom is -0.494 e. The van der Waals surface area contributed by atoms with Crippen molar-refractivity contribution in [2.24, 2.45) is 11.8 Å². The van der Waals surface area contributed by atoms with Crippen molar-refractivity contribution in [2.75, 3.05) is 18.1 Å². The first kappa shape index (κ1) is 15.4. The first-order valence-electron chi connectivity index (χ1n) is 8.20. The normalized spacial score (nSPS) is 33.4. The van der Waals surface area contributed by atoms with Gasteiger partial charge in [-0.2, -0.15) is 0 Å². The van der Waals surface area contributed by atoms with Crippen LogP contribution >= 0.6 is 0 Å². The average Bonchev–Trinajstić information content (AvgIpc) is 3.25. The number of hydrogen-bond acceptors (Lipinski definition) is 5. The Morgan fingerprint density at radius 1 is 1.25 bits per heavy atom. The van der Waals surface area contributed by atoms with E-state index >= 15 is 0 Å². The summed E-state index contributed by atoms with van der Waals surface area (Å²) in [5.41, 5.74) is -0.531. The second-order valence-corrected chi connectivity index (χ2v) is 6.41. The van der Waals surface area contributed by atoms with Gasteiger partial charge >= 0.3 is 0 Å². The van der Waals surface area contributed by atoms with E-state index in [0.29, 0.717) is 18.0 Å². The molecule has 3 aliphatic rings. The van der Waals surface area contributed by atoms with Crippen LogP contribution in [0.3, 0.4) is 0 Å². The van der Waals surface area contributed by atoms with Crippen LogP contribution in [0.25, 0.3) is 0 Å². The van der Waals surface area contributed by atoms with E-state index in [1.807, 2.05) is 6.92 Å². The predicted molar refractivity (Wildman–Crippen MR) is 85.5 cm³/mol. The number of amides is 2. The van der Waals surface area contributed by atoms with Crippen LogP contribution in [-0.4, -0.2) is 41.8 Å². The summed E-state index contributed by atoms with van der Waals surface area (Å²) in [7, 11) is 0. The molecule has 0 radical (unpaired) electrons. The zero-order valence-electron chi connectivity index (χ0n) is 13.3. The van der Waals surface area contributed by atoms with E-state index in [1.54, 1.807) is 36.4 Å². The molecule has 0 saturated carbocycles. The molecular weight excluding hydrogens is 310 g/mol. The third-order valence-corrected chi connectivity index (χ3v) is 4.97. The Bertz CT molecular complexity index is 713. The number of benzene rings is 1. The first-order valence-corrected chi connectivity index (χ1v) is 8.20. The van der Waals surface area contributed by atoms with Gasteiger partial charge in [0, 0.05) is 0 Å². The molecule has 4 atom stereocenters. The minimum absolute atomic E-state index is 0.267. The fourth-order valence-electron chi connectivity index (χ4n) is 3.85. The lowest BCUT2D eigenvalue weighted by atomic mass is 9.77. The average molecular weight is 329 g/mol. The number of hydrogen-bond donors (Lipinski definition) is 1. The highest BCUT2D eigenvalue weighted by Gasteiger charge is 2.67. The molecule has 1 aromatic carbocycles. The van der Waals surface area contributed by atoms with Gasteiger partial charge in [-0.1, -0.05) is 19.1 Å². The fraction of sp³-hybridized carbons (Fsp3) is 0.444. The number of aliphatic hydroxyl groups excluding tert-OH is 1. The summed E-state index contributed by atoms with van der Waals surface area (Å²) in [5.74, 6) is -1.08. The standard InChI is InChI=1S/C18H19NO5/c1-2-9-23-12-5-3-11(4-6-12)19-16(21)14-13-7-8-18(10-20,24-13)15(14)17(19)22/h3-8,13-15,20H,2,9-10H2,1H3/t13-,14-,15-,18+/m0/s1. The molecule has 2 bridgehead atoms. The Morgan fingerprint density at radius 2 is 2.00 bits per heavy atom. The quantitative estimate of drug-likeness (QED) is 0.650. The third-order valence-electron chi connectivity index (χ3n) is 4.97. The lowest BCUT2D eigenvalue weighted by molar-refractivity contribution is -0.128. The van der Waals surface area contributed by atoms with Crippen LogP contribution < -0.4 is 9.64 Å². The van der Waals surface area contributed by atoms with E-state index in [9.17, 15) is 14.7 Å². The van der Waals surface area contributed by atoms with E-state index in [1.165, 1.54) is 4.90 Å². The summed E-state index contributed by atoms with van der Waals surface area (Å²) >= 11 is 0. The molecule has 0 aliphatic carbocycles. The summed E-state index contributed by atoms with van der Waals surface area (Å²) in [5, 5.41) is 9.70. The Morgan fingerprint density at radius 3 is 2.67 bits per heavy atom. The molecule has 24 heavy (non-hydrogen) atoms. The summed E-state index contributed by atoms with van der Waals surface area (Å²) < 4.78 is 11.2. The molecule has 4 rings (SSSR count). The molecule has 1 N–H and O–H groups in total. The van der Waals surface area contributed by atoms with Crippen molar-refractivity contribution in [1.29, 1.82) is 0 Å². The molecule has 0 aromatic heterocycles. The van der Waals surface area contributed by atoms with Crippen LogP contribution in [-0.2, 0) is 14.3 Å². The van der Waals surface area contributed by atoms with Crippen LogP contribution in [0.15, 0.2) is 36.4 Å². The largest absolute Gasteiger partial charge is 0.494 e. The molecule has 3 heterocycles. The van der Waals surface area contributed by atoms with E-state index in [-0.39, 0.29) is 18.4 Å². The minimum atomic E-state index is -1.05. The van der Waals surface area contributed by atoms with E-state index < -0.39 is 23.5 Å². The van der Waals surface area contributed by atoms with E-state index in [2.05, 4.69) is 0 Å². The van der Waals surface area contributed by atoms with Gasteiger partial charge in [0.05, 0.1) is 36.8 Å². The Hall–Kier alpha value is -2.18. The van der Waals surface area contributed by atoms with Gasteiger partial charge in [-0.15, -0.1) is 0 Å². The summed E-state index contributed by atoms with van der Waals surface area (Å²) in [4.78, 5) is 26.9. The maximum Gasteiger partial charge on any atom is 0.241 e. The lowest BCUT2D eigenvalue weighted by Gasteiger charge is -2.26. The van der Waals surface area contributed by atoms with Crippen LogP contribution in [0.4, 0.5) is 5.69 Å². The molecule has 2 amide bonds. The van der Waals surface area contributed by atoms with E-state index in [0.717, 1.165) is 6.42 Å². The predicted octanol–water partition coefficient (Wildman–Crippen LogP) is 1.28. The smallest absolute Gasteiger partial charge is 0.241 e. The molecule has 0 unspecified atom stereocenters. The van der Waals surface area contributed by atoms with Gasteiger partial charge in [-0.05, 0) is 30.7 Å². The number of carbonyl (C=O) groups is 2. The molecule has 1 aromatic rings. The Balaban J connectivity index is 1.62. The number of ether oxygens (including phenoxy) is 2. The molecule has 6 nitrogen and oxygen atoms in total. The summed E-state index contributed by atoms with van der Waals surface area (Å²) in [6, 6.07) is 6.93. The van der Waals surface area contributed by atoms with Gasteiger partial charge < -0.3 is 14.6 Å². The molecule has 2 saturated heterocycles. The molecule has 2 fully saturated rings. The van der Waals surface area contributed by atoms with Crippen LogP contribution in [0.2, 0.25) is 0 Å². The van der Waals surface area contributed by atoms with Crippen molar-refractivity contribution in [3.8, 4) is 5.75 Å². The van der Waals surface area contributed by atoms with Gasteiger partial charge in [0.15, 0.2) is 0 Å². The highest BCUT2D eigenvalue weighted by molar-refractivity contribution is 6.23. The maximum absolute atomic E-state index is 12.9. The van der Waals surface area contributed by atoms with Gasteiger partial charge in [-0.25, -0.2) is 4.90 Å². The number of anilines is 1. The topological polar surface area (TPSA) is 76.1 Å². The maximum atomic E-state index is 12.9. The highest BCUT2D eigenvalue weighted by atomic mass is 16.5. The van der Waals surface area contributed by atoms with Crippen molar-refractivity contribution in [3.63, 3.8) is 0 Å². The summed E-state index contributed by atoms with van der Waals surface area (Å²) in [6.45, 7) is 2.34. The van der Waals surface area contributed by atoms with Crippen LogP contribution in [0.1, 0.15) is 13.3 Å². The number of rotatable bonds is 5. The van der Waals surface area contributed by atoms with Gasteiger partial charge in [0.25, 0.3) is 0 Å². The monoisotopic (exact) mass is 329 g/mol. The first-order chi connectivity index (χ1) is 11.6. The van der Waals surface area contributed by atoms with E-state index in [4.69, 9.17) is 9.47 Å². The van der Waals surface area contributed by atoms with Crippen molar-refractivity contribution in [1.82, 2.24) is 0 Å². The highest BCUT2D eigenvalue weighted by Crippen LogP contribution is 2.52. The molecule has 3 aliphatic heterocycles. The second-order valence-electron chi connectivity index (χ2n) is 6.41. The number of fused-ring (bicyclic) bond motifs is 5. The van der Waals surface area contributed by atoms with Gasteiger partial charge in [0.2, 0.25) is 11.8 Å². The molecule has 6 heteroatoms. The fourth-order valence-corrected chi connectivity index (χ4v) is 3.85. The Kier molecular flexibility index (Phi) is 3.47. The van der Waals surface area contributed by atoms with Crippen molar-refractivity contribution < 1.29 is 24.2 Å². The number of imide groups is 1. The van der Waals surface area contributed by atoms with Crippen LogP contribution in [0.5, 0.6) is 5.75 Å². The number of carbonyl (C=O) groups excluding carboxylic acids is 2. The molecular formula is C18H19NO5. The molecule has 126 valence electrons. The van der Waals surface area contributed by atoms with Crippen LogP contribution in [0, 0.1) is 11.8 Å². The van der Waals surface area contributed by atoms with Crippen molar-refractivity contribution >= 4 is 17.5 Å². The lowest BCUT2D eigenvalue weighted by Crippen LogP contribution is -2.43. The third kappa shape index (κ3) is 1.96. The van der Waals surface area contributed by atoms with Gasteiger partial charge in [0.1, 0.15) is 11.4 Å². The second kappa shape index (κ2) is 5.43. The van der Waals surface area contributed by atoms with Crippen molar-refractivity contribution in [3.05, 3.63) is 36.4 Å². The number of aliphatic hydroxyl groups is 1. The summed E-state index contributed by atoms with van der Waals surface area (Å²) in [6.07, 6.45) is 3.96. The number of nitrogens with zero attached hydrogens (tertiary/aromatic N) is 1. The zero-order valence-corrected chi connectivity index (χ0v) is 13.3. The molecule has 0 spiro atoms.